The van der Waals surface area contributed by atoms with Crippen molar-refractivity contribution in [3.8, 4) is 17.2 Å². The van der Waals surface area contributed by atoms with Gasteiger partial charge in [-0.1, -0.05) is 5.16 Å². The molecular formula is C14H18N4O4. The number of rotatable bonds is 7. The molecule has 1 N–H and O–H groups in total. The highest BCUT2D eigenvalue weighted by Gasteiger charge is 2.19. The van der Waals surface area contributed by atoms with Gasteiger partial charge in [-0.05, 0) is 33.0 Å². The first-order valence-corrected chi connectivity index (χ1v) is 6.96. The molecule has 1 aromatic carbocycles. The maximum Gasteiger partial charge on any atom is 0.311 e. The van der Waals surface area contributed by atoms with Crippen LogP contribution in [0.3, 0.4) is 0 Å². The van der Waals surface area contributed by atoms with E-state index in [-0.39, 0.29) is 23.4 Å². The maximum absolute atomic E-state index is 11.1. The van der Waals surface area contributed by atoms with Crippen LogP contribution in [-0.2, 0) is 6.42 Å². The molecule has 0 bridgehead atoms. The summed E-state index contributed by atoms with van der Waals surface area (Å²) in [6.45, 7) is 4.12. The molecule has 0 aliphatic rings. The molecule has 2 rings (SSSR count). The Balaban J connectivity index is 2.29. The van der Waals surface area contributed by atoms with Crippen LogP contribution >= 0.6 is 0 Å². The third-order valence-corrected chi connectivity index (χ3v) is 3.15. The summed E-state index contributed by atoms with van der Waals surface area (Å²) >= 11 is 0. The Hall–Kier alpha value is -2.48. The number of nitro groups is 1. The van der Waals surface area contributed by atoms with E-state index in [0.717, 1.165) is 0 Å². The second kappa shape index (κ2) is 6.99. The average molecular weight is 306 g/mol. The fraction of sp³-hybridized carbons (Fsp3) is 0.429. The van der Waals surface area contributed by atoms with E-state index in [0.29, 0.717) is 24.4 Å². The van der Waals surface area contributed by atoms with Crippen LogP contribution in [0.1, 0.15) is 19.7 Å². The zero-order chi connectivity index (χ0) is 16.1. The molecule has 1 atom stereocenters. The molecule has 0 saturated heterocycles. The Kier molecular flexibility index (Phi) is 5.05. The van der Waals surface area contributed by atoms with Crippen molar-refractivity contribution in [1.29, 1.82) is 0 Å². The van der Waals surface area contributed by atoms with E-state index < -0.39 is 4.92 Å². The highest BCUT2D eigenvalue weighted by molar-refractivity contribution is 5.62. The van der Waals surface area contributed by atoms with Crippen molar-refractivity contribution in [2.45, 2.75) is 26.3 Å². The first kappa shape index (κ1) is 15.9. The summed E-state index contributed by atoms with van der Waals surface area (Å²) in [5, 5.41) is 18.1. The zero-order valence-corrected chi connectivity index (χ0v) is 12.7. The molecule has 0 amide bonds. The molecule has 1 heterocycles. The maximum atomic E-state index is 11.1. The standard InChI is InChI=1S/C14H18N4O4/c1-4-21-12-6-5-10(8-11(12)18(19)20)14-16-13(17-22-14)7-9(2)15-3/h5-6,8-9,15H,4,7H2,1-3H3. The van der Waals surface area contributed by atoms with E-state index >= 15 is 0 Å². The topological polar surface area (TPSA) is 103 Å². The highest BCUT2D eigenvalue weighted by atomic mass is 16.6. The van der Waals surface area contributed by atoms with Crippen molar-refractivity contribution in [3.63, 3.8) is 0 Å². The van der Waals surface area contributed by atoms with Gasteiger partial charge in [0.15, 0.2) is 11.6 Å². The third kappa shape index (κ3) is 3.59. The number of nitrogens with zero attached hydrogens (tertiary/aromatic N) is 3. The number of likely N-dealkylation sites (N-methyl/N-ethyl adjacent to an activating group) is 1. The number of nitro benzene ring substituents is 1. The molecule has 0 radical (unpaired) electrons. The lowest BCUT2D eigenvalue weighted by Crippen LogP contribution is -2.24. The van der Waals surface area contributed by atoms with E-state index in [1.54, 1.807) is 13.0 Å². The van der Waals surface area contributed by atoms with Crippen molar-refractivity contribution in [2.24, 2.45) is 0 Å². The molecule has 1 unspecified atom stereocenters. The second-order valence-electron chi connectivity index (χ2n) is 4.78. The molecule has 0 spiro atoms. The van der Waals surface area contributed by atoms with Gasteiger partial charge in [0.25, 0.3) is 5.89 Å². The summed E-state index contributed by atoms with van der Waals surface area (Å²) in [6.07, 6.45) is 0.610. The van der Waals surface area contributed by atoms with Crippen molar-refractivity contribution in [2.75, 3.05) is 13.7 Å². The Morgan fingerprint density at radius 1 is 1.50 bits per heavy atom. The predicted octanol–water partition coefficient (Wildman–Crippen LogP) is 2.19. The lowest BCUT2D eigenvalue weighted by molar-refractivity contribution is -0.385. The monoisotopic (exact) mass is 306 g/mol. The van der Waals surface area contributed by atoms with Gasteiger partial charge >= 0.3 is 5.69 Å². The lowest BCUT2D eigenvalue weighted by Gasteiger charge is -2.05. The van der Waals surface area contributed by atoms with E-state index in [2.05, 4.69) is 15.5 Å². The minimum Gasteiger partial charge on any atom is -0.487 e. The Morgan fingerprint density at radius 2 is 2.27 bits per heavy atom. The number of hydrogen-bond acceptors (Lipinski definition) is 7. The number of hydrogen-bond donors (Lipinski definition) is 1. The highest BCUT2D eigenvalue weighted by Crippen LogP contribution is 2.31. The van der Waals surface area contributed by atoms with Gasteiger partial charge in [0, 0.05) is 24.1 Å². The van der Waals surface area contributed by atoms with Gasteiger partial charge in [-0.15, -0.1) is 0 Å². The third-order valence-electron chi connectivity index (χ3n) is 3.15. The van der Waals surface area contributed by atoms with Crippen LogP contribution in [0.5, 0.6) is 5.75 Å². The SMILES string of the molecule is CCOc1ccc(-c2nc(CC(C)NC)no2)cc1[N+](=O)[O-]. The number of nitrogens with one attached hydrogen (secondary N) is 1. The van der Waals surface area contributed by atoms with Crippen molar-refractivity contribution in [1.82, 2.24) is 15.5 Å². The van der Waals surface area contributed by atoms with Crippen LogP contribution in [0.2, 0.25) is 0 Å². The van der Waals surface area contributed by atoms with Crippen molar-refractivity contribution in [3.05, 3.63) is 34.1 Å². The summed E-state index contributed by atoms with van der Waals surface area (Å²) in [7, 11) is 1.85. The smallest absolute Gasteiger partial charge is 0.311 e. The summed E-state index contributed by atoms with van der Waals surface area (Å²) in [4.78, 5) is 14.9. The van der Waals surface area contributed by atoms with Gasteiger partial charge in [0.1, 0.15) is 0 Å². The summed E-state index contributed by atoms with van der Waals surface area (Å²) in [5.74, 6) is 1.03. The predicted molar refractivity (Wildman–Crippen MR) is 79.8 cm³/mol. The largest absolute Gasteiger partial charge is 0.487 e. The number of ether oxygens (including phenoxy) is 1. The molecule has 8 heteroatoms. The lowest BCUT2D eigenvalue weighted by atomic mass is 10.2. The molecule has 1 aromatic heterocycles. The quantitative estimate of drug-likeness (QED) is 0.617. The zero-order valence-electron chi connectivity index (χ0n) is 12.7. The van der Waals surface area contributed by atoms with Gasteiger partial charge in [-0.25, -0.2) is 0 Å². The normalized spacial score (nSPS) is 12.1. The number of benzene rings is 1. The van der Waals surface area contributed by atoms with Crippen LogP contribution in [0.15, 0.2) is 22.7 Å². The van der Waals surface area contributed by atoms with Crippen LogP contribution in [0, 0.1) is 10.1 Å². The molecule has 0 aliphatic heterocycles. The van der Waals surface area contributed by atoms with Crippen LogP contribution in [-0.4, -0.2) is 34.8 Å². The fourth-order valence-electron chi connectivity index (χ4n) is 1.90. The Bertz CT molecular complexity index is 656. The van der Waals surface area contributed by atoms with Crippen LogP contribution in [0.4, 0.5) is 5.69 Å². The molecule has 0 saturated carbocycles. The first-order valence-electron chi connectivity index (χ1n) is 6.96. The van der Waals surface area contributed by atoms with E-state index in [1.165, 1.54) is 12.1 Å². The minimum atomic E-state index is -0.491. The van der Waals surface area contributed by atoms with Crippen LogP contribution in [0.25, 0.3) is 11.5 Å². The molecule has 0 aliphatic carbocycles. The molecular weight excluding hydrogens is 288 g/mol. The summed E-state index contributed by atoms with van der Waals surface area (Å²) in [6, 6.07) is 4.79. The molecule has 2 aromatic rings. The van der Waals surface area contributed by atoms with E-state index in [9.17, 15) is 10.1 Å². The van der Waals surface area contributed by atoms with E-state index in [4.69, 9.17) is 9.26 Å². The fourth-order valence-corrected chi connectivity index (χ4v) is 1.90. The second-order valence-corrected chi connectivity index (χ2v) is 4.78. The van der Waals surface area contributed by atoms with Crippen molar-refractivity contribution < 1.29 is 14.2 Å². The number of aromatic nitrogens is 2. The van der Waals surface area contributed by atoms with Gasteiger partial charge in [-0.3, -0.25) is 10.1 Å². The minimum absolute atomic E-state index is 0.123. The summed E-state index contributed by atoms with van der Waals surface area (Å²) < 4.78 is 10.4. The Morgan fingerprint density at radius 3 is 2.91 bits per heavy atom. The van der Waals surface area contributed by atoms with Crippen LogP contribution < -0.4 is 10.1 Å². The molecule has 118 valence electrons. The first-order chi connectivity index (χ1) is 10.5. The van der Waals surface area contributed by atoms with E-state index in [1.807, 2.05) is 14.0 Å². The molecule has 22 heavy (non-hydrogen) atoms. The summed E-state index contributed by atoms with van der Waals surface area (Å²) in [5.41, 5.74) is 0.369. The molecule has 0 fully saturated rings. The van der Waals surface area contributed by atoms with Gasteiger partial charge in [0.2, 0.25) is 0 Å². The van der Waals surface area contributed by atoms with Gasteiger partial charge in [0.05, 0.1) is 11.5 Å². The van der Waals surface area contributed by atoms with Gasteiger partial charge < -0.3 is 14.6 Å². The van der Waals surface area contributed by atoms with Crippen molar-refractivity contribution >= 4 is 5.69 Å². The average Bonchev–Trinajstić information content (AvgIpc) is 2.96. The van der Waals surface area contributed by atoms with Gasteiger partial charge in [-0.2, -0.15) is 4.98 Å². The molecule has 8 nitrogen and oxygen atoms in total. The Labute approximate surface area is 127 Å².